The second-order valence-corrected chi connectivity index (χ2v) is 4.19. The molecule has 0 aliphatic heterocycles. The summed E-state index contributed by atoms with van der Waals surface area (Å²) >= 11 is 0. The molecule has 1 aromatic heterocycles. The van der Waals surface area contributed by atoms with E-state index in [9.17, 15) is 8.42 Å². The molecule has 0 radical (unpaired) electrons. The van der Waals surface area contributed by atoms with Crippen LogP contribution in [0.1, 0.15) is 12.8 Å². The molecule has 1 rings (SSSR count). The minimum Gasteiger partial charge on any atom is -0.240 e. The highest BCUT2D eigenvalue weighted by Crippen LogP contribution is 1.89. The number of thiol groups is 1. The number of imidazole rings is 1. The lowest BCUT2D eigenvalue weighted by Crippen LogP contribution is -2.30. The van der Waals surface area contributed by atoms with Crippen molar-refractivity contribution in [2.24, 2.45) is 7.05 Å². The zero-order chi connectivity index (χ0) is 9.68. The lowest BCUT2D eigenvalue weighted by Gasteiger charge is -1.93. The smallest absolute Gasteiger partial charge is 0.240 e. The average Bonchev–Trinajstić information content (AvgIpc) is 2.45. The number of hydrogen-bond donors (Lipinski definition) is 1. The van der Waals surface area contributed by atoms with Gasteiger partial charge in [0, 0.05) is 5.75 Å². The first-order valence-corrected chi connectivity index (χ1v) is 5.67. The molecule has 0 spiro atoms. The molecule has 74 valence electrons. The van der Waals surface area contributed by atoms with Crippen molar-refractivity contribution in [1.29, 1.82) is 0 Å². The fourth-order valence-electron chi connectivity index (χ4n) is 1.17. The van der Waals surface area contributed by atoms with Crippen molar-refractivity contribution in [2.45, 2.75) is 19.4 Å². The molecule has 5 heteroatoms. The van der Waals surface area contributed by atoms with Crippen molar-refractivity contribution >= 4 is 10.7 Å². The van der Waals surface area contributed by atoms with Gasteiger partial charge in [-0.3, -0.25) is 0 Å². The highest BCUT2D eigenvalue weighted by Gasteiger charge is 1.98. The summed E-state index contributed by atoms with van der Waals surface area (Å²) in [6.07, 6.45) is 7.60. The second-order valence-electron chi connectivity index (χ2n) is 3.08. The van der Waals surface area contributed by atoms with Gasteiger partial charge in [-0.25, -0.2) is 17.6 Å². The van der Waals surface area contributed by atoms with E-state index >= 15 is 0 Å². The first-order valence-electron chi connectivity index (χ1n) is 4.31. The second kappa shape index (κ2) is 5.01. The maximum Gasteiger partial charge on any atom is 0.243 e. The van der Waals surface area contributed by atoms with Gasteiger partial charge in [-0.1, -0.05) is 0 Å². The molecule has 0 fully saturated rings. The number of hydrogen-bond acceptors (Lipinski definition) is 2. The summed E-state index contributed by atoms with van der Waals surface area (Å²) in [6, 6.07) is 0. The van der Waals surface area contributed by atoms with Crippen molar-refractivity contribution in [3.63, 3.8) is 0 Å². The van der Waals surface area contributed by atoms with E-state index in [1.165, 1.54) is 0 Å². The number of aryl methyl sites for hydroxylation is 2. The van der Waals surface area contributed by atoms with Crippen LogP contribution in [0.5, 0.6) is 0 Å². The molecule has 0 N–H and O–H groups in total. The third-order valence-electron chi connectivity index (χ3n) is 1.83. The quantitative estimate of drug-likeness (QED) is 0.406. The van der Waals surface area contributed by atoms with Crippen molar-refractivity contribution in [2.75, 3.05) is 5.75 Å². The van der Waals surface area contributed by atoms with Crippen molar-refractivity contribution < 1.29 is 13.0 Å². The predicted molar refractivity (Wildman–Crippen MR) is 50.0 cm³/mol. The van der Waals surface area contributed by atoms with E-state index in [1.807, 2.05) is 30.3 Å². The van der Waals surface area contributed by atoms with Crippen molar-refractivity contribution in [1.82, 2.24) is 4.57 Å². The molecule has 0 aliphatic carbocycles. The lowest BCUT2D eigenvalue weighted by molar-refractivity contribution is -0.696. The van der Waals surface area contributed by atoms with Gasteiger partial charge in [-0.15, -0.1) is 0 Å². The Kier molecular flexibility index (Phi) is 3.95. The number of rotatable bonds is 5. The van der Waals surface area contributed by atoms with E-state index in [4.69, 9.17) is 0 Å². The number of nitrogens with zero attached hydrogens (tertiary/aromatic N) is 2. The maximum atomic E-state index is 10.2. The first-order chi connectivity index (χ1) is 6.18. The molecule has 0 saturated carbocycles. The SMILES string of the molecule is Cn1cc[n+](CCCC[SH](=O)=O)c1. The van der Waals surface area contributed by atoms with E-state index in [-0.39, 0.29) is 0 Å². The Morgan fingerprint density at radius 1 is 1.38 bits per heavy atom. The summed E-state index contributed by atoms with van der Waals surface area (Å²) in [5, 5.41) is 0. The minimum atomic E-state index is -2.19. The fourth-order valence-corrected chi connectivity index (χ4v) is 1.65. The summed E-state index contributed by atoms with van der Waals surface area (Å²) in [5.74, 6) is 0.308. The van der Waals surface area contributed by atoms with Crippen LogP contribution in [0.3, 0.4) is 0 Å². The normalized spacial score (nSPS) is 10.9. The van der Waals surface area contributed by atoms with Crippen LogP contribution in [0.15, 0.2) is 18.7 Å². The van der Waals surface area contributed by atoms with Crippen molar-refractivity contribution in [3.8, 4) is 0 Å². The molecule has 0 saturated heterocycles. The Bertz CT molecular complexity index is 323. The summed E-state index contributed by atoms with van der Waals surface area (Å²) < 4.78 is 24.5. The number of aromatic nitrogens is 2. The monoisotopic (exact) mass is 203 g/mol. The molecule has 0 unspecified atom stereocenters. The molecule has 1 heterocycles. The Morgan fingerprint density at radius 3 is 2.69 bits per heavy atom. The molecule has 0 atom stereocenters. The van der Waals surface area contributed by atoms with Gasteiger partial charge >= 0.3 is 0 Å². The molecule has 0 aromatic carbocycles. The lowest BCUT2D eigenvalue weighted by atomic mass is 10.3. The van der Waals surface area contributed by atoms with Gasteiger partial charge in [0.15, 0.2) is 0 Å². The fraction of sp³-hybridized carbons (Fsp3) is 0.625. The molecule has 0 aliphatic rings. The van der Waals surface area contributed by atoms with Crippen LogP contribution in [0.25, 0.3) is 0 Å². The third-order valence-corrected chi connectivity index (χ3v) is 2.51. The number of unbranched alkanes of at least 4 members (excludes halogenated alkanes) is 1. The van der Waals surface area contributed by atoms with Crippen LogP contribution in [0.2, 0.25) is 0 Å². The largest absolute Gasteiger partial charge is 0.243 e. The molecular weight excluding hydrogens is 188 g/mol. The standard InChI is InChI=1S/C8H15N2O2S/c1-9-5-6-10(8-9)4-2-3-7-13(11)12/h5-6,8,13H,2-4,7H2,1H3/q+1. The third kappa shape index (κ3) is 4.07. The maximum absolute atomic E-state index is 10.2. The van der Waals surface area contributed by atoms with Crippen LogP contribution in [-0.4, -0.2) is 18.7 Å². The van der Waals surface area contributed by atoms with E-state index in [0.717, 1.165) is 19.4 Å². The highest BCUT2D eigenvalue weighted by atomic mass is 32.2. The van der Waals surface area contributed by atoms with Crippen LogP contribution < -0.4 is 4.57 Å². The van der Waals surface area contributed by atoms with E-state index < -0.39 is 10.7 Å². The van der Waals surface area contributed by atoms with Gasteiger partial charge < -0.3 is 0 Å². The van der Waals surface area contributed by atoms with Crippen LogP contribution in [0, 0.1) is 0 Å². The van der Waals surface area contributed by atoms with E-state index in [1.54, 1.807) is 0 Å². The summed E-state index contributed by atoms with van der Waals surface area (Å²) in [6.45, 7) is 0.893. The van der Waals surface area contributed by atoms with Gasteiger partial charge in [-0.2, -0.15) is 0 Å². The summed E-state index contributed by atoms with van der Waals surface area (Å²) in [7, 11) is -0.227. The molecule has 0 bridgehead atoms. The van der Waals surface area contributed by atoms with Crippen LogP contribution >= 0.6 is 0 Å². The Balaban J connectivity index is 2.20. The Morgan fingerprint density at radius 2 is 2.15 bits per heavy atom. The Labute approximate surface area is 79.8 Å². The average molecular weight is 203 g/mol. The summed E-state index contributed by atoms with van der Waals surface area (Å²) in [5.41, 5.74) is 0. The summed E-state index contributed by atoms with van der Waals surface area (Å²) in [4.78, 5) is 0. The van der Waals surface area contributed by atoms with Gasteiger partial charge in [-0.05, 0) is 12.8 Å². The van der Waals surface area contributed by atoms with Gasteiger partial charge in [0.05, 0.1) is 13.6 Å². The first kappa shape index (κ1) is 10.2. The van der Waals surface area contributed by atoms with E-state index in [0.29, 0.717) is 5.75 Å². The highest BCUT2D eigenvalue weighted by molar-refractivity contribution is 7.72. The van der Waals surface area contributed by atoms with Gasteiger partial charge in [0.2, 0.25) is 6.33 Å². The molecule has 1 aromatic rings. The van der Waals surface area contributed by atoms with Crippen LogP contribution in [-0.2, 0) is 24.3 Å². The van der Waals surface area contributed by atoms with E-state index in [2.05, 4.69) is 4.57 Å². The van der Waals surface area contributed by atoms with Gasteiger partial charge in [0.1, 0.15) is 23.1 Å². The zero-order valence-corrected chi connectivity index (χ0v) is 8.61. The van der Waals surface area contributed by atoms with Gasteiger partial charge in [0.25, 0.3) is 0 Å². The topological polar surface area (TPSA) is 43.0 Å². The predicted octanol–water partition coefficient (Wildman–Crippen LogP) is -0.296. The molecule has 13 heavy (non-hydrogen) atoms. The zero-order valence-electron chi connectivity index (χ0n) is 7.72. The molecule has 0 amide bonds. The van der Waals surface area contributed by atoms with Crippen LogP contribution in [0.4, 0.5) is 0 Å². The molecule has 4 nitrogen and oxygen atoms in total. The Hall–Kier alpha value is -0.840. The molecular formula is C8H15N2O2S+. The minimum absolute atomic E-state index is 0.308. The van der Waals surface area contributed by atoms with Crippen molar-refractivity contribution in [3.05, 3.63) is 18.7 Å².